The predicted octanol–water partition coefficient (Wildman–Crippen LogP) is 1.46. The van der Waals surface area contributed by atoms with E-state index in [1.165, 1.54) is 0 Å². The first kappa shape index (κ1) is 12.0. The van der Waals surface area contributed by atoms with E-state index in [0.29, 0.717) is 18.2 Å². The lowest BCUT2D eigenvalue weighted by Gasteiger charge is -2.03. The van der Waals surface area contributed by atoms with Crippen molar-refractivity contribution in [3.05, 3.63) is 40.4 Å². The fourth-order valence-electron chi connectivity index (χ4n) is 1.62. The summed E-state index contributed by atoms with van der Waals surface area (Å²) >= 11 is 6.13. The summed E-state index contributed by atoms with van der Waals surface area (Å²) in [5.74, 6) is 0. The maximum Gasteiger partial charge on any atom is 0.131 e. The Labute approximate surface area is 105 Å². The van der Waals surface area contributed by atoms with Gasteiger partial charge in [-0.25, -0.2) is 0 Å². The van der Waals surface area contributed by atoms with Crippen LogP contribution in [0.4, 0.5) is 0 Å². The molecule has 2 heterocycles. The van der Waals surface area contributed by atoms with Crippen LogP contribution in [0, 0.1) is 6.92 Å². The van der Waals surface area contributed by atoms with Crippen LogP contribution in [0.15, 0.2) is 18.3 Å². The number of aryl methyl sites for hydroxylation is 2. The van der Waals surface area contributed by atoms with Crippen molar-refractivity contribution in [2.75, 3.05) is 0 Å². The molecule has 0 atom stereocenters. The second-order valence-electron chi connectivity index (χ2n) is 3.80. The van der Waals surface area contributed by atoms with Crippen LogP contribution in [0.25, 0.3) is 0 Å². The average molecular weight is 252 g/mol. The summed E-state index contributed by atoms with van der Waals surface area (Å²) in [6.45, 7) is 3.29. The first-order valence-corrected chi connectivity index (χ1v) is 5.71. The Morgan fingerprint density at radius 1 is 1.41 bits per heavy atom. The zero-order valence-electron chi connectivity index (χ0n) is 9.81. The Morgan fingerprint density at radius 3 is 2.82 bits per heavy atom. The van der Waals surface area contributed by atoms with Crippen LogP contribution in [0.5, 0.6) is 0 Å². The van der Waals surface area contributed by atoms with Crippen molar-refractivity contribution in [1.82, 2.24) is 25.3 Å². The molecule has 2 aromatic heterocycles. The maximum absolute atomic E-state index is 6.13. The molecule has 0 spiro atoms. The normalized spacial score (nSPS) is 10.8. The molecule has 5 nitrogen and oxygen atoms in total. The molecule has 0 aliphatic carbocycles. The third-order valence-electron chi connectivity index (χ3n) is 2.51. The van der Waals surface area contributed by atoms with Gasteiger partial charge < -0.3 is 5.32 Å². The van der Waals surface area contributed by atoms with E-state index in [0.717, 1.165) is 17.0 Å². The molecule has 0 aliphatic heterocycles. The molecule has 0 amide bonds. The van der Waals surface area contributed by atoms with E-state index < -0.39 is 0 Å². The number of halogens is 1. The van der Waals surface area contributed by atoms with Gasteiger partial charge in [-0.05, 0) is 19.1 Å². The molecule has 2 aromatic rings. The lowest BCUT2D eigenvalue weighted by atomic mass is 10.2. The molecule has 17 heavy (non-hydrogen) atoms. The minimum absolute atomic E-state index is 0.665. The van der Waals surface area contributed by atoms with Crippen molar-refractivity contribution < 1.29 is 0 Å². The van der Waals surface area contributed by atoms with E-state index in [1.54, 1.807) is 10.9 Å². The fourth-order valence-corrected chi connectivity index (χ4v) is 1.86. The van der Waals surface area contributed by atoms with Crippen molar-refractivity contribution in [2.45, 2.75) is 20.0 Å². The van der Waals surface area contributed by atoms with Gasteiger partial charge in [-0.2, -0.15) is 15.3 Å². The second-order valence-corrected chi connectivity index (χ2v) is 4.15. The predicted molar refractivity (Wildman–Crippen MR) is 65.5 cm³/mol. The summed E-state index contributed by atoms with van der Waals surface area (Å²) in [7, 11) is 1.83. The van der Waals surface area contributed by atoms with Crippen LogP contribution in [-0.2, 0) is 20.1 Å². The lowest BCUT2D eigenvalue weighted by molar-refractivity contribution is 0.667. The molecule has 6 heteroatoms. The second kappa shape index (κ2) is 5.25. The summed E-state index contributed by atoms with van der Waals surface area (Å²) < 4.78 is 1.68. The highest BCUT2D eigenvalue weighted by atomic mass is 35.5. The Kier molecular flexibility index (Phi) is 3.71. The van der Waals surface area contributed by atoms with Gasteiger partial charge in [0.2, 0.25) is 0 Å². The Balaban J connectivity index is 1.95. The van der Waals surface area contributed by atoms with Crippen LogP contribution >= 0.6 is 11.6 Å². The van der Waals surface area contributed by atoms with Gasteiger partial charge >= 0.3 is 0 Å². The first-order chi connectivity index (χ1) is 8.18. The molecule has 0 radical (unpaired) electrons. The first-order valence-electron chi connectivity index (χ1n) is 5.33. The van der Waals surface area contributed by atoms with E-state index in [2.05, 4.69) is 20.6 Å². The Bertz CT molecular complexity index is 494. The van der Waals surface area contributed by atoms with Crippen molar-refractivity contribution in [3.63, 3.8) is 0 Å². The van der Waals surface area contributed by atoms with Crippen LogP contribution < -0.4 is 5.32 Å². The topological polar surface area (TPSA) is 55.6 Å². The molecule has 0 unspecified atom stereocenters. The van der Waals surface area contributed by atoms with E-state index in [1.807, 2.05) is 26.1 Å². The van der Waals surface area contributed by atoms with Crippen LogP contribution in [0.1, 0.15) is 17.0 Å². The summed E-state index contributed by atoms with van der Waals surface area (Å²) in [5, 5.41) is 16.0. The highest BCUT2D eigenvalue weighted by Crippen LogP contribution is 2.18. The molecular formula is C11H14ClN5. The number of aromatic nitrogens is 4. The summed E-state index contributed by atoms with van der Waals surface area (Å²) in [6, 6.07) is 3.80. The summed E-state index contributed by atoms with van der Waals surface area (Å²) in [4.78, 5) is 0. The van der Waals surface area contributed by atoms with Crippen LogP contribution in [0.3, 0.4) is 0 Å². The van der Waals surface area contributed by atoms with Gasteiger partial charge in [0.15, 0.2) is 0 Å². The molecule has 0 saturated heterocycles. The number of hydrogen-bond acceptors (Lipinski definition) is 4. The maximum atomic E-state index is 6.13. The molecule has 0 fully saturated rings. The minimum Gasteiger partial charge on any atom is -0.307 e. The molecule has 0 bridgehead atoms. The van der Waals surface area contributed by atoms with Crippen LogP contribution in [0.2, 0.25) is 5.15 Å². The smallest absolute Gasteiger partial charge is 0.131 e. The van der Waals surface area contributed by atoms with Crippen molar-refractivity contribution in [3.8, 4) is 0 Å². The van der Waals surface area contributed by atoms with Crippen molar-refractivity contribution in [2.24, 2.45) is 7.05 Å². The standard InChI is InChI=1S/C11H14ClN5/c1-8-10(11(12)17(2)16-8)7-13-6-9-4-3-5-14-15-9/h3-5,13H,6-7H2,1-2H3. The van der Waals surface area contributed by atoms with Gasteiger partial charge in [0.05, 0.1) is 11.4 Å². The van der Waals surface area contributed by atoms with E-state index >= 15 is 0 Å². The average Bonchev–Trinajstić information content (AvgIpc) is 2.57. The third-order valence-corrected chi connectivity index (χ3v) is 2.98. The SMILES string of the molecule is Cc1nn(C)c(Cl)c1CNCc1cccnn1. The zero-order chi connectivity index (χ0) is 12.3. The molecule has 0 aromatic carbocycles. The summed E-state index contributed by atoms with van der Waals surface area (Å²) in [6.07, 6.45) is 1.66. The lowest BCUT2D eigenvalue weighted by Crippen LogP contribution is -2.14. The van der Waals surface area contributed by atoms with Gasteiger partial charge in [0.1, 0.15) is 5.15 Å². The van der Waals surface area contributed by atoms with Gasteiger partial charge in [0, 0.05) is 31.9 Å². The zero-order valence-corrected chi connectivity index (χ0v) is 10.6. The molecule has 0 saturated carbocycles. The number of rotatable bonds is 4. The third kappa shape index (κ3) is 2.81. The molecule has 90 valence electrons. The highest BCUT2D eigenvalue weighted by Gasteiger charge is 2.10. The molecular weight excluding hydrogens is 238 g/mol. The Morgan fingerprint density at radius 2 is 2.24 bits per heavy atom. The molecule has 1 N–H and O–H groups in total. The monoisotopic (exact) mass is 251 g/mol. The largest absolute Gasteiger partial charge is 0.307 e. The molecule has 0 aliphatic rings. The number of nitrogens with zero attached hydrogens (tertiary/aromatic N) is 4. The molecule has 2 rings (SSSR count). The quantitative estimate of drug-likeness (QED) is 0.894. The van der Waals surface area contributed by atoms with E-state index in [9.17, 15) is 0 Å². The van der Waals surface area contributed by atoms with Gasteiger partial charge in [-0.1, -0.05) is 11.6 Å². The number of nitrogens with one attached hydrogen (secondary N) is 1. The highest BCUT2D eigenvalue weighted by molar-refractivity contribution is 6.30. The number of hydrogen-bond donors (Lipinski definition) is 1. The van der Waals surface area contributed by atoms with Gasteiger partial charge in [-0.15, -0.1) is 0 Å². The van der Waals surface area contributed by atoms with E-state index in [4.69, 9.17) is 11.6 Å². The van der Waals surface area contributed by atoms with E-state index in [-0.39, 0.29) is 0 Å². The minimum atomic E-state index is 0.665. The van der Waals surface area contributed by atoms with Crippen LogP contribution in [-0.4, -0.2) is 20.0 Å². The van der Waals surface area contributed by atoms with Gasteiger partial charge in [0.25, 0.3) is 0 Å². The Hall–Kier alpha value is -1.46. The van der Waals surface area contributed by atoms with Crippen molar-refractivity contribution >= 4 is 11.6 Å². The van der Waals surface area contributed by atoms with Crippen molar-refractivity contribution in [1.29, 1.82) is 0 Å². The van der Waals surface area contributed by atoms with Gasteiger partial charge in [-0.3, -0.25) is 4.68 Å². The fraction of sp³-hybridized carbons (Fsp3) is 0.364. The summed E-state index contributed by atoms with van der Waals surface area (Å²) in [5.41, 5.74) is 2.88.